The summed E-state index contributed by atoms with van der Waals surface area (Å²) in [4.78, 5) is 10.8. The Morgan fingerprint density at radius 2 is 1.62 bits per heavy atom. The number of hydrogen-bond donors (Lipinski definition) is 0. The average Bonchev–Trinajstić information content (AvgIpc) is 2.15. The maximum absolute atomic E-state index is 12.5. The second-order valence-electron chi connectivity index (χ2n) is 4.07. The van der Waals surface area contributed by atoms with E-state index < -0.39 is 17.2 Å². The molecule has 0 spiro atoms. The number of carbonyl (C=O) groups excluding carboxylic acids is 1. The number of hydrogen-bond acceptors (Lipinski definition) is 1. The summed E-state index contributed by atoms with van der Waals surface area (Å²) in [7, 11) is 0. The third-order valence-electron chi connectivity index (χ3n) is 2.26. The fraction of sp³-hybridized carbons (Fsp3) is 0.364. The molecule has 0 fully saturated rings. The summed E-state index contributed by atoms with van der Waals surface area (Å²) in [5, 5.41) is -0.0280. The predicted octanol–water partition coefficient (Wildman–Crippen LogP) is 3.84. The van der Waals surface area contributed by atoms with E-state index in [0.717, 1.165) is 12.1 Å². The summed E-state index contributed by atoms with van der Waals surface area (Å²) in [6.45, 7) is 3.07. The van der Waals surface area contributed by atoms with E-state index in [-0.39, 0.29) is 10.6 Å². The zero-order valence-electron chi connectivity index (χ0n) is 8.73. The number of rotatable bonds is 2. The Balaban J connectivity index is 3.34. The van der Waals surface area contributed by atoms with E-state index in [1.54, 1.807) is 0 Å². The van der Waals surface area contributed by atoms with Gasteiger partial charge in [-0.15, -0.1) is 0 Å². The number of benzene rings is 1. The molecule has 0 aliphatic heterocycles. The van der Waals surface area contributed by atoms with Crippen LogP contribution in [0.1, 0.15) is 25.0 Å². The lowest BCUT2D eigenvalue weighted by Crippen LogP contribution is -2.19. The number of alkyl halides is 3. The largest absolute Gasteiger partial charge is 0.416 e. The maximum atomic E-state index is 12.5. The van der Waals surface area contributed by atoms with Crippen molar-refractivity contribution >= 4 is 17.9 Å². The van der Waals surface area contributed by atoms with Crippen LogP contribution in [0.3, 0.4) is 0 Å². The SMILES string of the molecule is CC(C)(C=O)c1cc(Cl)cc(C(F)(F)F)c1. The second-order valence-corrected chi connectivity index (χ2v) is 4.50. The van der Waals surface area contributed by atoms with Crippen molar-refractivity contribution < 1.29 is 18.0 Å². The van der Waals surface area contributed by atoms with Crippen LogP contribution >= 0.6 is 11.6 Å². The van der Waals surface area contributed by atoms with E-state index in [4.69, 9.17) is 11.6 Å². The Hall–Kier alpha value is -1.03. The van der Waals surface area contributed by atoms with Gasteiger partial charge in [0.2, 0.25) is 0 Å². The van der Waals surface area contributed by atoms with E-state index >= 15 is 0 Å². The first kappa shape index (κ1) is 13.0. The molecule has 0 bridgehead atoms. The third-order valence-corrected chi connectivity index (χ3v) is 2.48. The van der Waals surface area contributed by atoms with Crippen LogP contribution in [0.4, 0.5) is 13.2 Å². The highest BCUT2D eigenvalue weighted by molar-refractivity contribution is 6.30. The molecular weight excluding hydrogens is 241 g/mol. The quantitative estimate of drug-likeness (QED) is 0.729. The first-order valence-electron chi connectivity index (χ1n) is 4.51. The molecule has 0 saturated carbocycles. The Bertz CT molecular complexity index is 410. The zero-order chi connectivity index (χ0) is 12.6. The molecule has 0 N–H and O–H groups in total. The summed E-state index contributed by atoms with van der Waals surface area (Å²) < 4.78 is 37.5. The molecule has 0 unspecified atom stereocenters. The van der Waals surface area contributed by atoms with Crippen molar-refractivity contribution in [3.8, 4) is 0 Å². The van der Waals surface area contributed by atoms with Crippen LogP contribution in [-0.4, -0.2) is 6.29 Å². The van der Waals surface area contributed by atoms with Crippen LogP contribution in [-0.2, 0) is 16.4 Å². The number of carbonyl (C=O) groups is 1. The smallest absolute Gasteiger partial charge is 0.302 e. The Kier molecular flexibility index (Phi) is 3.33. The van der Waals surface area contributed by atoms with Gasteiger partial charge in [0.1, 0.15) is 6.29 Å². The van der Waals surface area contributed by atoms with Crippen molar-refractivity contribution in [2.75, 3.05) is 0 Å². The van der Waals surface area contributed by atoms with Crippen LogP contribution in [0.25, 0.3) is 0 Å². The standard InChI is InChI=1S/C11H10ClF3O/c1-10(2,6-16)7-3-8(11(13,14)15)5-9(12)4-7/h3-6H,1-2H3. The van der Waals surface area contributed by atoms with E-state index in [0.29, 0.717) is 6.29 Å². The molecule has 0 saturated heterocycles. The van der Waals surface area contributed by atoms with Gasteiger partial charge in [0.05, 0.1) is 5.56 Å². The molecule has 0 amide bonds. The van der Waals surface area contributed by atoms with Gasteiger partial charge >= 0.3 is 6.18 Å². The summed E-state index contributed by atoms with van der Waals surface area (Å²) in [5.74, 6) is 0. The van der Waals surface area contributed by atoms with Crippen LogP contribution in [0.15, 0.2) is 18.2 Å². The van der Waals surface area contributed by atoms with Gasteiger partial charge < -0.3 is 4.79 Å². The third kappa shape index (κ3) is 2.76. The lowest BCUT2D eigenvalue weighted by atomic mass is 9.85. The van der Waals surface area contributed by atoms with Crippen molar-refractivity contribution in [2.45, 2.75) is 25.4 Å². The van der Waals surface area contributed by atoms with E-state index in [1.807, 2.05) is 0 Å². The Labute approximate surface area is 96.2 Å². The van der Waals surface area contributed by atoms with Crippen molar-refractivity contribution in [3.05, 3.63) is 34.3 Å². The first-order chi connectivity index (χ1) is 7.16. The van der Waals surface area contributed by atoms with Gasteiger partial charge in [0, 0.05) is 10.4 Å². The zero-order valence-corrected chi connectivity index (χ0v) is 9.49. The molecule has 0 heterocycles. The second kappa shape index (κ2) is 4.09. The van der Waals surface area contributed by atoms with Crippen LogP contribution in [0, 0.1) is 0 Å². The summed E-state index contributed by atoms with van der Waals surface area (Å²) >= 11 is 5.60. The molecule has 5 heteroatoms. The van der Waals surface area contributed by atoms with Gasteiger partial charge in [0.25, 0.3) is 0 Å². The van der Waals surface area contributed by atoms with Crippen LogP contribution < -0.4 is 0 Å². The lowest BCUT2D eigenvalue weighted by molar-refractivity contribution is -0.137. The molecule has 1 rings (SSSR count). The fourth-order valence-electron chi connectivity index (χ4n) is 1.19. The molecule has 0 aromatic heterocycles. The molecule has 0 atom stereocenters. The summed E-state index contributed by atoms with van der Waals surface area (Å²) in [6.07, 6.45) is -3.86. The molecule has 1 nitrogen and oxygen atoms in total. The predicted molar refractivity (Wildman–Crippen MR) is 55.5 cm³/mol. The Morgan fingerprint density at radius 3 is 2.06 bits per heavy atom. The van der Waals surface area contributed by atoms with Gasteiger partial charge in [0.15, 0.2) is 0 Å². The molecule has 88 valence electrons. The highest BCUT2D eigenvalue weighted by Crippen LogP contribution is 2.34. The molecule has 16 heavy (non-hydrogen) atoms. The highest BCUT2D eigenvalue weighted by atomic mass is 35.5. The highest BCUT2D eigenvalue weighted by Gasteiger charge is 2.32. The van der Waals surface area contributed by atoms with Crippen LogP contribution in [0.2, 0.25) is 5.02 Å². The van der Waals surface area contributed by atoms with E-state index in [9.17, 15) is 18.0 Å². The van der Waals surface area contributed by atoms with E-state index in [1.165, 1.54) is 19.9 Å². The molecule has 1 aromatic carbocycles. The minimum atomic E-state index is -4.46. The van der Waals surface area contributed by atoms with Gasteiger partial charge in [-0.05, 0) is 37.6 Å². The molecule has 1 aromatic rings. The van der Waals surface area contributed by atoms with Crippen molar-refractivity contribution in [2.24, 2.45) is 0 Å². The molecule has 0 aliphatic carbocycles. The minimum absolute atomic E-state index is 0.0280. The van der Waals surface area contributed by atoms with Crippen molar-refractivity contribution in [1.82, 2.24) is 0 Å². The fourth-order valence-corrected chi connectivity index (χ4v) is 1.43. The van der Waals surface area contributed by atoms with Gasteiger partial charge in [-0.3, -0.25) is 0 Å². The van der Waals surface area contributed by atoms with Crippen molar-refractivity contribution in [3.63, 3.8) is 0 Å². The van der Waals surface area contributed by atoms with Gasteiger partial charge in [-0.1, -0.05) is 11.6 Å². The normalized spacial score (nSPS) is 12.6. The Morgan fingerprint density at radius 1 is 1.12 bits per heavy atom. The van der Waals surface area contributed by atoms with Gasteiger partial charge in [-0.25, -0.2) is 0 Å². The average molecular weight is 251 g/mol. The monoisotopic (exact) mass is 250 g/mol. The molecular formula is C11H10ClF3O. The number of aldehydes is 1. The van der Waals surface area contributed by atoms with E-state index in [2.05, 4.69) is 0 Å². The summed E-state index contributed by atoms with van der Waals surface area (Å²) in [5.41, 5.74) is -1.57. The van der Waals surface area contributed by atoms with Crippen molar-refractivity contribution in [1.29, 1.82) is 0 Å². The lowest BCUT2D eigenvalue weighted by Gasteiger charge is -2.19. The number of halogens is 4. The van der Waals surface area contributed by atoms with Crippen LogP contribution in [0.5, 0.6) is 0 Å². The maximum Gasteiger partial charge on any atom is 0.416 e. The summed E-state index contributed by atoms with van der Waals surface area (Å²) in [6, 6.07) is 3.15. The molecule has 0 radical (unpaired) electrons. The van der Waals surface area contributed by atoms with Gasteiger partial charge in [-0.2, -0.15) is 13.2 Å². The molecule has 0 aliphatic rings. The minimum Gasteiger partial charge on any atom is -0.302 e. The first-order valence-corrected chi connectivity index (χ1v) is 4.89. The topological polar surface area (TPSA) is 17.1 Å².